The SMILES string of the molecule is C=C(C)CN(CC)C1CCC(=O)N(CC2CCCCC2)CC1. The zero-order valence-corrected chi connectivity index (χ0v) is 14.6. The zero-order valence-electron chi connectivity index (χ0n) is 14.6. The van der Waals surface area contributed by atoms with E-state index in [1.54, 1.807) is 0 Å². The van der Waals surface area contributed by atoms with E-state index in [-0.39, 0.29) is 0 Å². The summed E-state index contributed by atoms with van der Waals surface area (Å²) < 4.78 is 0. The molecule has 1 saturated heterocycles. The van der Waals surface area contributed by atoms with Crippen molar-refractivity contribution in [1.82, 2.24) is 9.80 Å². The summed E-state index contributed by atoms with van der Waals surface area (Å²) in [5.41, 5.74) is 1.22. The molecule has 0 N–H and O–H groups in total. The van der Waals surface area contributed by atoms with Crippen LogP contribution in [0, 0.1) is 5.92 Å². The Morgan fingerprint density at radius 3 is 2.59 bits per heavy atom. The van der Waals surface area contributed by atoms with E-state index in [0.717, 1.165) is 51.4 Å². The largest absolute Gasteiger partial charge is 0.342 e. The molecule has 22 heavy (non-hydrogen) atoms. The van der Waals surface area contributed by atoms with Crippen molar-refractivity contribution in [3.05, 3.63) is 12.2 Å². The molecule has 0 aromatic rings. The molecule has 1 heterocycles. The number of likely N-dealkylation sites (N-methyl/N-ethyl adjacent to an activating group) is 1. The van der Waals surface area contributed by atoms with Crippen molar-refractivity contribution in [1.29, 1.82) is 0 Å². The molecule has 1 atom stereocenters. The molecule has 1 saturated carbocycles. The van der Waals surface area contributed by atoms with Gasteiger partial charge in [-0.2, -0.15) is 0 Å². The fourth-order valence-corrected chi connectivity index (χ4v) is 4.11. The van der Waals surface area contributed by atoms with E-state index in [9.17, 15) is 4.79 Å². The summed E-state index contributed by atoms with van der Waals surface area (Å²) in [6, 6.07) is 0.544. The van der Waals surface area contributed by atoms with Crippen molar-refractivity contribution in [2.45, 2.75) is 71.3 Å². The Bertz CT molecular complexity index is 374. The van der Waals surface area contributed by atoms with E-state index in [2.05, 4.69) is 30.2 Å². The van der Waals surface area contributed by atoms with Crippen LogP contribution in [0.2, 0.25) is 0 Å². The Balaban J connectivity index is 1.88. The fraction of sp³-hybridized carbons (Fsp3) is 0.842. The number of carbonyl (C=O) groups is 1. The topological polar surface area (TPSA) is 23.6 Å². The molecule has 2 rings (SSSR count). The van der Waals surface area contributed by atoms with Gasteiger partial charge in [0.1, 0.15) is 0 Å². The summed E-state index contributed by atoms with van der Waals surface area (Å²) in [7, 11) is 0. The van der Waals surface area contributed by atoms with Gasteiger partial charge in [0.05, 0.1) is 0 Å². The second-order valence-electron chi connectivity index (χ2n) is 7.35. The van der Waals surface area contributed by atoms with Crippen molar-refractivity contribution in [2.24, 2.45) is 5.92 Å². The third-order valence-corrected chi connectivity index (χ3v) is 5.38. The highest BCUT2D eigenvalue weighted by molar-refractivity contribution is 5.76. The molecule has 1 unspecified atom stereocenters. The minimum Gasteiger partial charge on any atom is -0.342 e. The lowest BCUT2D eigenvalue weighted by Crippen LogP contribution is -2.38. The first-order valence-corrected chi connectivity index (χ1v) is 9.26. The Labute approximate surface area is 136 Å². The number of hydrogen-bond donors (Lipinski definition) is 0. The van der Waals surface area contributed by atoms with Crippen molar-refractivity contribution >= 4 is 5.91 Å². The lowest BCUT2D eigenvalue weighted by Gasteiger charge is -2.31. The van der Waals surface area contributed by atoms with Crippen LogP contribution in [-0.2, 0) is 4.79 Å². The second-order valence-corrected chi connectivity index (χ2v) is 7.35. The number of nitrogens with zero attached hydrogens (tertiary/aromatic N) is 2. The van der Waals surface area contributed by atoms with Crippen molar-refractivity contribution in [3.63, 3.8) is 0 Å². The molecule has 1 aliphatic heterocycles. The first-order chi connectivity index (χ1) is 10.6. The third-order valence-electron chi connectivity index (χ3n) is 5.38. The molecule has 0 spiro atoms. The molecule has 1 amide bonds. The second kappa shape index (κ2) is 8.71. The number of hydrogen-bond acceptors (Lipinski definition) is 2. The predicted octanol–water partition coefficient (Wildman–Crippen LogP) is 3.85. The maximum Gasteiger partial charge on any atom is 0.222 e. The third kappa shape index (κ3) is 5.12. The van der Waals surface area contributed by atoms with Gasteiger partial charge in [-0.3, -0.25) is 9.69 Å². The van der Waals surface area contributed by atoms with Crippen molar-refractivity contribution in [2.75, 3.05) is 26.2 Å². The van der Waals surface area contributed by atoms with Gasteiger partial charge < -0.3 is 4.90 Å². The van der Waals surface area contributed by atoms with Gasteiger partial charge in [0, 0.05) is 32.1 Å². The fourth-order valence-electron chi connectivity index (χ4n) is 4.11. The standard InChI is InChI=1S/C19H34N2O/c1-4-20(14-16(2)3)18-10-11-19(22)21(13-12-18)15-17-8-6-5-7-9-17/h17-18H,2,4-15H2,1,3H3. The molecular weight excluding hydrogens is 272 g/mol. The summed E-state index contributed by atoms with van der Waals surface area (Å²) in [5.74, 6) is 1.14. The van der Waals surface area contributed by atoms with Crippen LogP contribution in [0.4, 0.5) is 0 Å². The average Bonchev–Trinajstić information content (AvgIpc) is 2.69. The van der Waals surface area contributed by atoms with E-state index in [1.807, 2.05) is 0 Å². The first-order valence-electron chi connectivity index (χ1n) is 9.26. The van der Waals surface area contributed by atoms with Gasteiger partial charge in [-0.15, -0.1) is 0 Å². The van der Waals surface area contributed by atoms with Gasteiger partial charge >= 0.3 is 0 Å². The van der Waals surface area contributed by atoms with E-state index in [0.29, 0.717) is 11.9 Å². The van der Waals surface area contributed by atoms with Crippen LogP contribution >= 0.6 is 0 Å². The Morgan fingerprint density at radius 2 is 1.95 bits per heavy atom. The predicted molar refractivity (Wildman–Crippen MR) is 92.9 cm³/mol. The lowest BCUT2D eigenvalue weighted by molar-refractivity contribution is -0.131. The van der Waals surface area contributed by atoms with Gasteiger partial charge in [0.2, 0.25) is 5.91 Å². The van der Waals surface area contributed by atoms with Crippen LogP contribution in [0.5, 0.6) is 0 Å². The minimum absolute atomic E-state index is 0.388. The lowest BCUT2D eigenvalue weighted by atomic mass is 9.89. The van der Waals surface area contributed by atoms with E-state index in [1.165, 1.54) is 37.7 Å². The molecule has 0 radical (unpaired) electrons. The summed E-state index contributed by atoms with van der Waals surface area (Å²) in [6.45, 7) is 12.3. The summed E-state index contributed by atoms with van der Waals surface area (Å²) >= 11 is 0. The Hall–Kier alpha value is -0.830. The normalized spacial score (nSPS) is 24.6. The molecule has 3 nitrogen and oxygen atoms in total. The van der Waals surface area contributed by atoms with Gasteiger partial charge in [0.25, 0.3) is 0 Å². The Morgan fingerprint density at radius 1 is 1.23 bits per heavy atom. The molecular formula is C19H34N2O. The maximum absolute atomic E-state index is 12.5. The van der Waals surface area contributed by atoms with Crippen LogP contribution in [-0.4, -0.2) is 47.9 Å². The first kappa shape index (κ1) is 17.5. The van der Waals surface area contributed by atoms with Gasteiger partial charge in [0.15, 0.2) is 0 Å². The monoisotopic (exact) mass is 306 g/mol. The summed E-state index contributed by atoms with van der Waals surface area (Å²) in [6.07, 6.45) is 9.62. The van der Waals surface area contributed by atoms with Crippen LogP contribution in [0.3, 0.4) is 0 Å². The highest BCUT2D eigenvalue weighted by Crippen LogP contribution is 2.26. The molecule has 0 aromatic carbocycles. The Kier molecular flexibility index (Phi) is 6.94. The van der Waals surface area contributed by atoms with Crippen LogP contribution in [0.15, 0.2) is 12.2 Å². The molecule has 0 bridgehead atoms. The smallest absolute Gasteiger partial charge is 0.222 e. The molecule has 1 aliphatic carbocycles. The van der Waals surface area contributed by atoms with Crippen molar-refractivity contribution < 1.29 is 4.79 Å². The van der Waals surface area contributed by atoms with Crippen LogP contribution in [0.25, 0.3) is 0 Å². The summed E-state index contributed by atoms with van der Waals surface area (Å²) in [4.78, 5) is 17.1. The number of rotatable bonds is 6. The van der Waals surface area contributed by atoms with E-state index in [4.69, 9.17) is 0 Å². The number of amides is 1. The van der Waals surface area contributed by atoms with E-state index < -0.39 is 0 Å². The van der Waals surface area contributed by atoms with Gasteiger partial charge in [-0.1, -0.05) is 38.3 Å². The number of carbonyl (C=O) groups excluding carboxylic acids is 1. The maximum atomic E-state index is 12.5. The molecule has 2 aliphatic rings. The molecule has 126 valence electrons. The molecule has 3 heteroatoms. The van der Waals surface area contributed by atoms with Gasteiger partial charge in [-0.05, 0) is 45.1 Å². The van der Waals surface area contributed by atoms with Crippen molar-refractivity contribution in [3.8, 4) is 0 Å². The average molecular weight is 306 g/mol. The minimum atomic E-state index is 0.388. The highest BCUT2D eigenvalue weighted by atomic mass is 16.2. The molecule has 0 aromatic heterocycles. The van der Waals surface area contributed by atoms with Crippen LogP contribution < -0.4 is 0 Å². The quantitative estimate of drug-likeness (QED) is 0.696. The van der Waals surface area contributed by atoms with Crippen LogP contribution in [0.1, 0.15) is 65.2 Å². The summed E-state index contributed by atoms with van der Waals surface area (Å²) in [5, 5.41) is 0. The zero-order chi connectivity index (χ0) is 15.9. The molecule has 2 fully saturated rings. The number of likely N-dealkylation sites (tertiary alicyclic amines) is 1. The van der Waals surface area contributed by atoms with E-state index >= 15 is 0 Å². The highest BCUT2D eigenvalue weighted by Gasteiger charge is 2.27. The van der Waals surface area contributed by atoms with Gasteiger partial charge in [-0.25, -0.2) is 0 Å².